The number of carbonyl (C=O) groups is 2. The number of carboxylic acids is 2. The van der Waals surface area contributed by atoms with E-state index in [9.17, 15) is 19.0 Å². The molecular formula is C18H31O8P. The van der Waals surface area contributed by atoms with Crippen molar-refractivity contribution in [3.05, 3.63) is 0 Å². The van der Waals surface area contributed by atoms with Gasteiger partial charge in [-0.05, 0) is 51.4 Å². The van der Waals surface area contributed by atoms with Crippen LogP contribution in [-0.2, 0) is 23.2 Å². The lowest BCUT2D eigenvalue weighted by Crippen LogP contribution is -2.14. The second-order valence-electron chi connectivity index (χ2n) is 7.93. The van der Waals surface area contributed by atoms with E-state index in [1.807, 2.05) is 0 Å². The first-order chi connectivity index (χ1) is 12.7. The Labute approximate surface area is 159 Å². The maximum atomic E-state index is 11.8. The topological polar surface area (TPSA) is 130 Å². The molecule has 0 heterocycles. The summed E-state index contributed by atoms with van der Waals surface area (Å²) in [6.45, 7) is 0.212. The predicted octanol–water partition coefficient (Wildman–Crippen LogP) is 3.97. The molecule has 2 aliphatic rings. The first-order valence-corrected chi connectivity index (χ1v) is 11.3. The van der Waals surface area contributed by atoms with Crippen LogP contribution in [-0.4, -0.2) is 40.3 Å². The van der Waals surface area contributed by atoms with Crippen molar-refractivity contribution in [2.24, 2.45) is 10.8 Å². The third kappa shape index (κ3) is 7.18. The van der Waals surface area contributed by atoms with Crippen molar-refractivity contribution in [3.8, 4) is 0 Å². The molecule has 156 valence electrons. The van der Waals surface area contributed by atoms with Gasteiger partial charge in [-0.25, -0.2) is 4.57 Å². The van der Waals surface area contributed by atoms with E-state index < -0.39 is 30.6 Å². The average molecular weight is 406 g/mol. The van der Waals surface area contributed by atoms with E-state index in [1.165, 1.54) is 0 Å². The SMILES string of the molecule is O=C(O)C1(CCCCCOP(=O)(O)OCCCCCC2(C(=O)O)CC2)CC1. The van der Waals surface area contributed by atoms with Crippen molar-refractivity contribution in [3.63, 3.8) is 0 Å². The summed E-state index contributed by atoms with van der Waals surface area (Å²) in [5, 5.41) is 18.2. The van der Waals surface area contributed by atoms with Crippen molar-refractivity contribution >= 4 is 19.8 Å². The highest BCUT2D eigenvalue weighted by Crippen LogP contribution is 2.51. The van der Waals surface area contributed by atoms with Gasteiger partial charge in [0.1, 0.15) is 0 Å². The number of hydrogen-bond donors (Lipinski definition) is 3. The van der Waals surface area contributed by atoms with Crippen LogP contribution in [0.3, 0.4) is 0 Å². The Kier molecular flexibility index (Phi) is 7.86. The molecule has 0 radical (unpaired) electrons. The molecule has 0 aromatic carbocycles. The monoisotopic (exact) mass is 406 g/mol. The number of phosphoric ester groups is 1. The number of hydrogen-bond acceptors (Lipinski definition) is 5. The molecule has 2 aliphatic carbocycles. The van der Waals surface area contributed by atoms with Gasteiger partial charge < -0.3 is 15.1 Å². The molecule has 0 bridgehead atoms. The minimum atomic E-state index is -4.05. The Morgan fingerprint density at radius 3 is 1.41 bits per heavy atom. The predicted molar refractivity (Wildman–Crippen MR) is 97.3 cm³/mol. The maximum Gasteiger partial charge on any atom is 0.472 e. The molecule has 0 aromatic rings. The summed E-state index contributed by atoms with van der Waals surface area (Å²) >= 11 is 0. The first-order valence-electron chi connectivity index (χ1n) is 9.80. The van der Waals surface area contributed by atoms with Crippen LogP contribution >= 0.6 is 7.82 Å². The molecule has 0 unspecified atom stereocenters. The van der Waals surface area contributed by atoms with Crippen molar-refractivity contribution in [1.82, 2.24) is 0 Å². The minimum absolute atomic E-state index is 0.106. The van der Waals surface area contributed by atoms with E-state index in [1.54, 1.807) is 0 Å². The minimum Gasteiger partial charge on any atom is -0.481 e. The smallest absolute Gasteiger partial charge is 0.472 e. The Morgan fingerprint density at radius 1 is 0.741 bits per heavy atom. The zero-order valence-electron chi connectivity index (χ0n) is 15.7. The lowest BCUT2D eigenvalue weighted by molar-refractivity contribution is -0.144. The molecule has 0 atom stereocenters. The molecule has 0 saturated heterocycles. The highest BCUT2D eigenvalue weighted by molar-refractivity contribution is 7.47. The third-order valence-electron chi connectivity index (χ3n) is 5.72. The van der Waals surface area contributed by atoms with Crippen molar-refractivity contribution in [2.45, 2.75) is 77.0 Å². The molecule has 27 heavy (non-hydrogen) atoms. The zero-order valence-corrected chi connectivity index (χ0v) is 16.6. The Bertz CT molecular complexity index is 522. The summed E-state index contributed by atoms with van der Waals surface area (Å²) < 4.78 is 21.6. The molecule has 9 heteroatoms. The van der Waals surface area contributed by atoms with Gasteiger partial charge in [0.05, 0.1) is 24.0 Å². The van der Waals surface area contributed by atoms with Gasteiger partial charge in [0.2, 0.25) is 0 Å². The summed E-state index contributed by atoms with van der Waals surface area (Å²) in [6, 6.07) is 0. The number of rotatable bonds is 16. The molecule has 2 rings (SSSR count). The van der Waals surface area contributed by atoms with Crippen LogP contribution in [0.1, 0.15) is 77.0 Å². The summed E-state index contributed by atoms with van der Waals surface area (Å²) in [5.41, 5.74) is -1.03. The maximum absolute atomic E-state index is 11.8. The normalized spacial score (nSPS) is 19.6. The van der Waals surface area contributed by atoms with Crippen LogP contribution < -0.4 is 0 Å². The summed E-state index contributed by atoms with van der Waals surface area (Å²) in [7, 11) is -4.05. The van der Waals surface area contributed by atoms with E-state index in [0.717, 1.165) is 51.4 Å². The first kappa shape index (κ1) is 22.3. The second kappa shape index (κ2) is 9.50. The summed E-state index contributed by atoms with van der Waals surface area (Å²) in [4.78, 5) is 31.7. The molecule has 0 spiro atoms. The molecule has 8 nitrogen and oxygen atoms in total. The summed E-state index contributed by atoms with van der Waals surface area (Å²) in [6.07, 6.45) is 8.49. The fourth-order valence-electron chi connectivity index (χ4n) is 3.32. The van der Waals surface area contributed by atoms with Crippen molar-refractivity contribution < 1.29 is 38.3 Å². The quantitative estimate of drug-likeness (QED) is 0.259. The molecule has 3 N–H and O–H groups in total. The van der Waals surface area contributed by atoms with Gasteiger partial charge in [-0.1, -0.05) is 25.7 Å². The number of phosphoric acid groups is 1. The van der Waals surface area contributed by atoms with Crippen LogP contribution in [0.5, 0.6) is 0 Å². The molecule has 0 aromatic heterocycles. The fourth-order valence-corrected chi connectivity index (χ4v) is 4.12. The zero-order chi connectivity index (χ0) is 20.0. The van der Waals surface area contributed by atoms with Gasteiger partial charge in [0, 0.05) is 0 Å². The number of unbranched alkanes of at least 4 members (excludes halogenated alkanes) is 4. The van der Waals surface area contributed by atoms with E-state index >= 15 is 0 Å². The molecule has 2 fully saturated rings. The lowest BCUT2D eigenvalue weighted by Gasteiger charge is -2.13. The Hall–Kier alpha value is -0.950. The van der Waals surface area contributed by atoms with Crippen LogP contribution in [0, 0.1) is 10.8 Å². The van der Waals surface area contributed by atoms with Gasteiger partial charge in [0.15, 0.2) is 0 Å². The molecular weight excluding hydrogens is 375 g/mol. The van der Waals surface area contributed by atoms with Crippen molar-refractivity contribution in [1.29, 1.82) is 0 Å². The summed E-state index contributed by atoms with van der Waals surface area (Å²) in [5.74, 6) is -1.44. The van der Waals surface area contributed by atoms with Gasteiger partial charge in [-0.3, -0.25) is 18.6 Å². The Balaban J connectivity index is 1.43. The van der Waals surface area contributed by atoms with Crippen LogP contribution in [0.4, 0.5) is 0 Å². The fraction of sp³-hybridized carbons (Fsp3) is 0.889. The van der Waals surface area contributed by atoms with Crippen LogP contribution in [0.25, 0.3) is 0 Å². The van der Waals surface area contributed by atoms with E-state index in [4.69, 9.17) is 19.3 Å². The van der Waals surface area contributed by atoms with E-state index in [-0.39, 0.29) is 13.2 Å². The molecule has 2 saturated carbocycles. The third-order valence-corrected chi connectivity index (χ3v) is 6.74. The largest absolute Gasteiger partial charge is 0.481 e. The molecule has 0 aliphatic heterocycles. The lowest BCUT2D eigenvalue weighted by atomic mass is 9.99. The average Bonchev–Trinajstić information content (AvgIpc) is 3.49. The van der Waals surface area contributed by atoms with Gasteiger partial charge >= 0.3 is 19.8 Å². The Morgan fingerprint density at radius 2 is 1.11 bits per heavy atom. The molecule has 0 amide bonds. The van der Waals surface area contributed by atoms with Crippen molar-refractivity contribution in [2.75, 3.05) is 13.2 Å². The van der Waals surface area contributed by atoms with Crippen LogP contribution in [0.2, 0.25) is 0 Å². The van der Waals surface area contributed by atoms with Gasteiger partial charge in [0.25, 0.3) is 0 Å². The van der Waals surface area contributed by atoms with E-state index in [2.05, 4.69) is 0 Å². The van der Waals surface area contributed by atoms with Gasteiger partial charge in [-0.2, -0.15) is 0 Å². The van der Waals surface area contributed by atoms with Gasteiger partial charge in [-0.15, -0.1) is 0 Å². The van der Waals surface area contributed by atoms with Crippen LogP contribution in [0.15, 0.2) is 0 Å². The standard InChI is InChI=1S/C18H31O8P/c19-15(20)17(9-10-17)7-3-1-5-13-25-27(23,24)26-14-6-2-4-8-18(11-12-18)16(21)22/h1-14H2,(H,19,20)(H,21,22)(H,23,24). The highest BCUT2D eigenvalue weighted by atomic mass is 31.2. The number of carboxylic acid groups (broad SMARTS) is 2. The number of aliphatic carboxylic acids is 2. The second-order valence-corrected chi connectivity index (χ2v) is 9.38. The van der Waals surface area contributed by atoms with E-state index in [0.29, 0.717) is 25.7 Å². The highest BCUT2D eigenvalue weighted by Gasteiger charge is 2.49.